The van der Waals surface area contributed by atoms with Crippen LogP contribution < -0.4 is 10.2 Å². The van der Waals surface area contributed by atoms with Crippen molar-refractivity contribution in [1.29, 1.82) is 0 Å². The van der Waals surface area contributed by atoms with Crippen LogP contribution in [0.3, 0.4) is 0 Å². The van der Waals surface area contributed by atoms with Crippen LogP contribution in [0.2, 0.25) is 0 Å². The van der Waals surface area contributed by atoms with Crippen molar-refractivity contribution in [3.63, 3.8) is 0 Å². The fourth-order valence-electron chi connectivity index (χ4n) is 3.45. The van der Waals surface area contributed by atoms with Crippen molar-refractivity contribution < 1.29 is 4.79 Å². The number of benzene rings is 1. The molecule has 1 N–H and O–H groups in total. The summed E-state index contributed by atoms with van der Waals surface area (Å²) in [6, 6.07) is 9.95. The number of carbonyl (C=O) groups excluding carboxylic acids is 1. The Morgan fingerprint density at radius 2 is 1.81 bits per heavy atom. The molecule has 3 rings (SSSR count). The van der Waals surface area contributed by atoms with Gasteiger partial charge in [-0.15, -0.1) is 0 Å². The van der Waals surface area contributed by atoms with Crippen LogP contribution in [-0.2, 0) is 5.54 Å². The van der Waals surface area contributed by atoms with Gasteiger partial charge in [0, 0.05) is 18.8 Å². The average molecular weight is 354 g/mol. The molecule has 2 aromatic rings. The molecule has 26 heavy (non-hydrogen) atoms. The normalized spacial score (nSPS) is 14.9. The Kier molecular flexibility index (Phi) is 5.08. The molecule has 5 nitrogen and oxygen atoms in total. The molecule has 1 fully saturated rings. The summed E-state index contributed by atoms with van der Waals surface area (Å²) in [4.78, 5) is 15.2. The molecule has 5 heteroatoms. The van der Waals surface area contributed by atoms with Crippen LogP contribution in [0.15, 0.2) is 30.3 Å². The maximum atomic E-state index is 12.9. The Morgan fingerprint density at radius 1 is 1.15 bits per heavy atom. The number of anilines is 2. The minimum Gasteiger partial charge on any atom is -0.370 e. The van der Waals surface area contributed by atoms with Gasteiger partial charge in [0.25, 0.3) is 5.91 Å². The van der Waals surface area contributed by atoms with Crippen molar-refractivity contribution in [3.8, 4) is 0 Å². The zero-order chi connectivity index (χ0) is 18.9. The Labute approximate surface area is 156 Å². The SMILES string of the molecule is CC(C)c1cc(C(=O)Nc2ccccc2N2CCCC2)nn1C(C)(C)C. The van der Waals surface area contributed by atoms with Crippen LogP contribution in [-0.4, -0.2) is 28.8 Å². The number of nitrogens with zero attached hydrogens (tertiary/aromatic N) is 3. The molecule has 140 valence electrons. The summed E-state index contributed by atoms with van der Waals surface area (Å²) >= 11 is 0. The zero-order valence-electron chi connectivity index (χ0n) is 16.5. The van der Waals surface area contributed by atoms with Crippen LogP contribution in [0.25, 0.3) is 0 Å². The number of amides is 1. The molecule has 1 saturated heterocycles. The molecule has 0 atom stereocenters. The number of hydrogen-bond acceptors (Lipinski definition) is 3. The first-order valence-electron chi connectivity index (χ1n) is 9.53. The zero-order valence-corrected chi connectivity index (χ0v) is 16.5. The van der Waals surface area contributed by atoms with Gasteiger partial charge in [-0.1, -0.05) is 26.0 Å². The standard InChI is InChI=1S/C21H30N4O/c1-15(2)19-14-17(23-25(19)21(3,4)5)20(26)22-16-10-6-7-11-18(16)24-12-8-9-13-24/h6-7,10-11,14-15H,8-9,12-13H2,1-5H3,(H,22,26). The van der Waals surface area contributed by atoms with Crippen LogP contribution in [0.4, 0.5) is 11.4 Å². The summed E-state index contributed by atoms with van der Waals surface area (Å²) in [6.45, 7) is 12.7. The van der Waals surface area contributed by atoms with Gasteiger partial charge in [0.1, 0.15) is 0 Å². The molecular weight excluding hydrogens is 324 g/mol. The van der Waals surface area contributed by atoms with E-state index < -0.39 is 0 Å². The highest BCUT2D eigenvalue weighted by molar-refractivity contribution is 6.04. The molecule has 1 aliphatic heterocycles. The molecule has 1 aromatic heterocycles. The topological polar surface area (TPSA) is 50.2 Å². The average Bonchev–Trinajstić information content (AvgIpc) is 3.24. The second kappa shape index (κ2) is 7.14. The van der Waals surface area contributed by atoms with Crippen molar-refractivity contribution in [2.24, 2.45) is 0 Å². The molecule has 0 unspecified atom stereocenters. The highest BCUT2D eigenvalue weighted by Gasteiger charge is 2.24. The second-order valence-electron chi connectivity index (χ2n) is 8.36. The molecule has 0 aliphatic carbocycles. The lowest BCUT2D eigenvalue weighted by Gasteiger charge is -2.23. The number of rotatable bonds is 4. The maximum absolute atomic E-state index is 12.9. The van der Waals surface area contributed by atoms with Crippen molar-refractivity contribution in [2.75, 3.05) is 23.3 Å². The first kappa shape index (κ1) is 18.5. The summed E-state index contributed by atoms with van der Waals surface area (Å²) < 4.78 is 1.97. The Morgan fingerprint density at radius 3 is 2.38 bits per heavy atom. The van der Waals surface area contributed by atoms with Crippen molar-refractivity contribution in [2.45, 2.75) is 58.9 Å². The molecule has 0 radical (unpaired) electrons. The third-order valence-corrected chi connectivity index (χ3v) is 4.80. The van der Waals surface area contributed by atoms with E-state index in [1.54, 1.807) is 0 Å². The molecule has 1 aromatic carbocycles. The van der Waals surface area contributed by atoms with E-state index in [9.17, 15) is 4.79 Å². The minimum absolute atomic E-state index is 0.151. The fourth-order valence-corrected chi connectivity index (χ4v) is 3.45. The van der Waals surface area contributed by atoms with E-state index in [1.807, 2.05) is 28.9 Å². The van der Waals surface area contributed by atoms with Gasteiger partial charge < -0.3 is 10.2 Å². The number of nitrogens with one attached hydrogen (secondary N) is 1. The van der Waals surface area contributed by atoms with Gasteiger partial charge in [0.15, 0.2) is 5.69 Å². The number of aromatic nitrogens is 2. The Bertz CT molecular complexity index is 780. The molecular formula is C21H30N4O. The third-order valence-electron chi connectivity index (χ3n) is 4.80. The first-order chi connectivity index (χ1) is 12.3. The monoisotopic (exact) mass is 354 g/mol. The smallest absolute Gasteiger partial charge is 0.276 e. The van der Waals surface area contributed by atoms with Gasteiger partial charge >= 0.3 is 0 Å². The van der Waals surface area contributed by atoms with E-state index in [-0.39, 0.29) is 11.4 Å². The largest absolute Gasteiger partial charge is 0.370 e. The predicted molar refractivity (Wildman–Crippen MR) is 107 cm³/mol. The van der Waals surface area contributed by atoms with E-state index in [4.69, 9.17) is 0 Å². The lowest BCUT2D eigenvalue weighted by Crippen LogP contribution is -2.26. The summed E-state index contributed by atoms with van der Waals surface area (Å²) in [5.41, 5.74) is 3.34. The van der Waals surface area contributed by atoms with E-state index in [2.05, 4.69) is 56.0 Å². The molecule has 1 amide bonds. The molecule has 0 bridgehead atoms. The van der Waals surface area contributed by atoms with Gasteiger partial charge in [0.05, 0.1) is 16.9 Å². The van der Waals surface area contributed by atoms with Gasteiger partial charge in [-0.25, -0.2) is 0 Å². The van der Waals surface area contributed by atoms with Gasteiger partial charge in [-0.3, -0.25) is 9.48 Å². The number of para-hydroxylation sites is 2. The highest BCUT2D eigenvalue weighted by atomic mass is 16.2. The van der Waals surface area contributed by atoms with Crippen LogP contribution in [0.1, 0.15) is 69.6 Å². The predicted octanol–water partition coefficient (Wildman–Crippen LogP) is 4.61. The Balaban J connectivity index is 1.87. The number of carbonyl (C=O) groups is 1. The minimum atomic E-state index is -0.161. The van der Waals surface area contributed by atoms with Crippen LogP contribution in [0.5, 0.6) is 0 Å². The van der Waals surface area contributed by atoms with E-state index >= 15 is 0 Å². The quantitative estimate of drug-likeness (QED) is 0.872. The highest BCUT2D eigenvalue weighted by Crippen LogP contribution is 2.29. The van der Waals surface area contributed by atoms with E-state index in [0.29, 0.717) is 11.6 Å². The fraction of sp³-hybridized carbons (Fsp3) is 0.524. The van der Waals surface area contributed by atoms with Crippen molar-refractivity contribution >= 4 is 17.3 Å². The van der Waals surface area contributed by atoms with Gasteiger partial charge in [0.2, 0.25) is 0 Å². The van der Waals surface area contributed by atoms with Crippen molar-refractivity contribution in [3.05, 3.63) is 41.7 Å². The lowest BCUT2D eigenvalue weighted by molar-refractivity contribution is 0.102. The Hall–Kier alpha value is -2.30. The molecule has 1 aliphatic rings. The maximum Gasteiger partial charge on any atom is 0.276 e. The van der Waals surface area contributed by atoms with Crippen molar-refractivity contribution in [1.82, 2.24) is 9.78 Å². The molecule has 0 saturated carbocycles. The van der Waals surface area contributed by atoms with Crippen LogP contribution >= 0.6 is 0 Å². The molecule has 0 spiro atoms. The molecule has 2 heterocycles. The van der Waals surface area contributed by atoms with E-state index in [0.717, 1.165) is 30.2 Å². The number of hydrogen-bond donors (Lipinski definition) is 1. The summed E-state index contributed by atoms with van der Waals surface area (Å²) in [7, 11) is 0. The van der Waals surface area contributed by atoms with Crippen LogP contribution in [0, 0.1) is 0 Å². The summed E-state index contributed by atoms with van der Waals surface area (Å²) in [5.74, 6) is 0.154. The van der Waals surface area contributed by atoms with E-state index in [1.165, 1.54) is 12.8 Å². The summed E-state index contributed by atoms with van der Waals surface area (Å²) in [6.07, 6.45) is 2.41. The third kappa shape index (κ3) is 3.76. The second-order valence-corrected chi connectivity index (χ2v) is 8.36. The van der Waals surface area contributed by atoms with Gasteiger partial charge in [-0.2, -0.15) is 5.10 Å². The summed E-state index contributed by atoms with van der Waals surface area (Å²) in [5, 5.41) is 7.70. The first-order valence-corrected chi connectivity index (χ1v) is 9.53. The lowest BCUT2D eigenvalue weighted by atomic mass is 10.1. The van der Waals surface area contributed by atoms with Gasteiger partial charge in [-0.05, 0) is 57.7 Å².